The summed E-state index contributed by atoms with van der Waals surface area (Å²) in [5.74, 6) is 1.42. The van der Waals surface area contributed by atoms with Crippen LogP contribution in [0, 0.1) is 0 Å². The quantitative estimate of drug-likeness (QED) is 0.937. The van der Waals surface area contributed by atoms with Crippen LogP contribution in [0.2, 0.25) is 0 Å². The van der Waals surface area contributed by atoms with E-state index < -0.39 is 6.10 Å². The Labute approximate surface area is 140 Å². The van der Waals surface area contributed by atoms with Crippen molar-refractivity contribution in [3.63, 3.8) is 0 Å². The van der Waals surface area contributed by atoms with Gasteiger partial charge in [-0.15, -0.1) is 0 Å². The van der Waals surface area contributed by atoms with Gasteiger partial charge in [0, 0.05) is 5.75 Å². The number of hydrogen-bond acceptors (Lipinski definition) is 4. The zero-order valence-electron chi connectivity index (χ0n) is 12.9. The molecule has 2 aromatic rings. The number of nitrogens with one attached hydrogen (secondary N) is 1. The summed E-state index contributed by atoms with van der Waals surface area (Å²) in [6.07, 6.45) is -0.568. The summed E-state index contributed by atoms with van der Waals surface area (Å²) < 4.78 is 5.70. The Morgan fingerprint density at radius 3 is 2.48 bits per heavy atom. The number of carbonyl (C=O) groups excluding carboxylic acids is 1. The molecule has 1 heterocycles. The first-order valence-electron chi connectivity index (χ1n) is 7.52. The molecule has 0 aromatic heterocycles. The highest BCUT2D eigenvalue weighted by atomic mass is 32.2. The third-order valence-electron chi connectivity index (χ3n) is 3.46. The van der Waals surface area contributed by atoms with Crippen LogP contribution in [0.4, 0.5) is 0 Å². The number of aliphatic imine (C=N–C) groups is 1. The van der Waals surface area contributed by atoms with Gasteiger partial charge in [-0.25, -0.2) is 0 Å². The van der Waals surface area contributed by atoms with Gasteiger partial charge in [0.05, 0.1) is 6.54 Å². The van der Waals surface area contributed by atoms with Crippen LogP contribution in [0.5, 0.6) is 5.75 Å². The molecule has 0 saturated heterocycles. The summed E-state index contributed by atoms with van der Waals surface area (Å²) in [7, 11) is 0. The molecule has 2 aromatic carbocycles. The van der Waals surface area contributed by atoms with Crippen LogP contribution >= 0.6 is 11.8 Å². The summed E-state index contributed by atoms with van der Waals surface area (Å²) in [6, 6.07) is 17.9. The highest BCUT2D eigenvalue weighted by Gasteiger charge is 2.18. The van der Waals surface area contributed by atoms with E-state index in [1.165, 1.54) is 0 Å². The minimum absolute atomic E-state index is 0.176. The van der Waals surface area contributed by atoms with Crippen LogP contribution in [0.25, 0.3) is 11.1 Å². The highest BCUT2D eigenvalue weighted by molar-refractivity contribution is 8.14. The van der Waals surface area contributed by atoms with Crippen LogP contribution in [0.3, 0.4) is 0 Å². The lowest BCUT2D eigenvalue weighted by atomic mass is 10.1. The van der Waals surface area contributed by atoms with Crippen molar-refractivity contribution in [1.29, 1.82) is 0 Å². The van der Waals surface area contributed by atoms with Crippen molar-refractivity contribution >= 4 is 22.8 Å². The molecule has 1 aliphatic rings. The molecule has 0 bridgehead atoms. The zero-order chi connectivity index (χ0) is 16.1. The summed E-state index contributed by atoms with van der Waals surface area (Å²) in [6.45, 7) is 2.50. The minimum atomic E-state index is -0.568. The SMILES string of the molecule is CC(Oc1ccc(-c2ccccc2)cc1)C(=O)NC1=NCCS1. The number of thioether (sulfide) groups is 1. The topological polar surface area (TPSA) is 50.7 Å². The van der Waals surface area contributed by atoms with Crippen molar-refractivity contribution in [3.8, 4) is 16.9 Å². The van der Waals surface area contributed by atoms with Gasteiger partial charge < -0.3 is 10.1 Å². The van der Waals surface area contributed by atoms with Gasteiger partial charge in [0.2, 0.25) is 0 Å². The molecule has 4 nitrogen and oxygen atoms in total. The van der Waals surface area contributed by atoms with Crippen molar-refractivity contribution in [3.05, 3.63) is 54.6 Å². The molecule has 0 spiro atoms. The fraction of sp³-hybridized carbons (Fsp3) is 0.222. The van der Waals surface area contributed by atoms with Gasteiger partial charge in [0.15, 0.2) is 11.3 Å². The molecule has 0 saturated carbocycles. The van der Waals surface area contributed by atoms with E-state index in [9.17, 15) is 4.79 Å². The number of ether oxygens (including phenoxy) is 1. The van der Waals surface area contributed by atoms with Gasteiger partial charge in [-0.1, -0.05) is 54.2 Å². The third-order valence-corrected chi connectivity index (χ3v) is 4.35. The second kappa shape index (κ2) is 7.33. The molecule has 1 amide bonds. The number of rotatable bonds is 4. The molecule has 23 heavy (non-hydrogen) atoms. The molecule has 5 heteroatoms. The predicted molar refractivity (Wildman–Crippen MR) is 94.9 cm³/mol. The molecule has 118 valence electrons. The van der Waals surface area contributed by atoms with E-state index in [4.69, 9.17) is 4.74 Å². The van der Waals surface area contributed by atoms with Gasteiger partial charge in [-0.3, -0.25) is 9.79 Å². The Kier molecular flexibility index (Phi) is 4.98. The number of hydrogen-bond donors (Lipinski definition) is 1. The second-order valence-corrected chi connectivity index (χ2v) is 6.26. The third kappa shape index (κ3) is 4.13. The lowest BCUT2D eigenvalue weighted by Crippen LogP contribution is -2.38. The van der Waals surface area contributed by atoms with E-state index in [1.54, 1.807) is 18.7 Å². The van der Waals surface area contributed by atoms with E-state index in [0.717, 1.165) is 23.4 Å². The van der Waals surface area contributed by atoms with Crippen molar-refractivity contribution in [2.45, 2.75) is 13.0 Å². The number of benzene rings is 2. The molecule has 3 rings (SSSR count). The van der Waals surface area contributed by atoms with E-state index >= 15 is 0 Å². The van der Waals surface area contributed by atoms with Crippen LogP contribution in [-0.4, -0.2) is 29.5 Å². The Bertz CT molecular complexity index is 699. The summed E-state index contributed by atoms with van der Waals surface area (Å²) in [4.78, 5) is 16.3. The number of nitrogens with zero attached hydrogens (tertiary/aromatic N) is 1. The molecule has 1 N–H and O–H groups in total. The normalized spacial score (nSPS) is 14.9. The van der Waals surface area contributed by atoms with Gasteiger partial charge in [-0.2, -0.15) is 0 Å². The summed E-state index contributed by atoms with van der Waals surface area (Å²) in [5.41, 5.74) is 2.27. The molecular weight excluding hydrogens is 308 g/mol. The summed E-state index contributed by atoms with van der Waals surface area (Å²) >= 11 is 1.56. The number of amidine groups is 1. The second-order valence-electron chi connectivity index (χ2n) is 5.18. The molecular formula is C18H18N2O2S. The minimum Gasteiger partial charge on any atom is -0.481 e. The lowest BCUT2D eigenvalue weighted by Gasteiger charge is -2.14. The Morgan fingerprint density at radius 1 is 1.13 bits per heavy atom. The average Bonchev–Trinajstić information content (AvgIpc) is 3.09. The first-order chi connectivity index (χ1) is 11.2. The smallest absolute Gasteiger partial charge is 0.266 e. The molecule has 1 aliphatic heterocycles. The number of amides is 1. The fourth-order valence-corrected chi connectivity index (χ4v) is 2.96. The monoisotopic (exact) mass is 326 g/mol. The van der Waals surface area contributed by atoms with Crippen LogP contribution in [0.15, 0.2) is 59.6 Å². The van der Waals surface area contributed by atoms with E-state index in [2.05, 4.69) is 22.4 Å². The van der Waals surface area contributed by atoms with E-state index in [1.807, 2.05) is 42.5 Å². The fourth-order valence-electron chi connectivity index (χ4n) is 2.23. The van der Waals surface area contributed by atoms with Crippen molar-refractivity contribution in [1.82, 2.24) is 5.32 Å². The molecule has 0 fully saturated rings. The van der Waals surface area contributed by atoms with Gasteiger partial charge in [-0.05, 0) is 30.2 Å². The number of carbonyl (C=O) groups is 1. The largest absolute Gasteiger partial charge is 0.481 e. The first kappa shape index (κ1) is 15.6. The predicted octanol–water partition coefficient (Wildman–Crippen LogP) is 3.34. The Hall–Kier alpha value is -2.27. The van der Waals surface area contributed by atoms with Crippen molar-refractivity contribution in [2.75, 3.05) is 12.3 Å². The van der Waals surface area contributed by atoms with Gasteiger partial charge in [0.1, 0.15) is 5.75 Å². The Morgan fingerprint density at radius 2 is 1.83 bits per heavy atom. The maximum atomic E-state index is 12.1. The standard InChI is InChI=1S/C18H18N2O2S/c1-13(17(21)20-18-19-11-12-23-18)22-16-9-7-15(8-10-16)14-5-3-2-4-6-14/h2-10,13H,11-12H2,1H3,(H,19,20,21). The van der Waals surface area contributed by atoms with E-state index in [0.29, 0.717) is 10.9 Å². The zero-order valence-corrected chi connectivity index (χ0v) is 13.7. The average molecular weight is 326 g/mol. The van der Waals surface area contributed by atoms with Crippen molar-refractivity contribution in [2.24, 2.45) is 4.99 Å². The van der Waals surface area contributed by atoms with Crippen molar-refractivity contribution < 1.29 is 9.53 Å². The van der Waals surface area contributed by atoms with Crippen LogP contribution in [-0.2, 0) is 4.79 Å². The first-order valence-corrected chi connectivity index (χ1v) is 8.51. The summed E-state index contributed by atoms with van der Waals surface area (Å²) in [5, 5.41) is 3.47. The van der Waals surface area contributed by atoms with Crippen LogP contribution < -0.4 is 10.1 Å². The molecule has 1 unspecified atom stereocenters. The maximum Gasteiger partial charge on any atom is 0.266 e. The molecule has 0 aliphatic carbocycles. The highest BCUT2D eigenvalue weighted by Crippen LogP contribution is 2.22. The molecule has 0 radical (unpaired) electrons. The van der Waals surface area contributed by atoms with Gasteiger partial charge in [0.25, 0.3) is 5.91 Å². The Balaban J connectivity index is 1.60. The lowest BCUT2D eigenvalue weighted by molar-refractivity contribution is -0.125. The van der Waals surface area contributed by atoms with Gasteiger partial charge >= 0.3 is 0 Å². The van der Waals surface area contributed by atoms with Crippen LogP contribution in [0.1, 0.15) is 6.92 Å². The maximum absolute atomic E-state index is 12.1. The van der Waals surface area contributed by atoms with E-state index in [-0.39, 0.29) is 5.91 Å². The molecule has 1 atom stereocenters.